The van der Waals surface area contributed by atoms with Crippen LogP contribution in [-0.4, -0.2) is 44.6 Å². The van der Waals surface area contributed by atoms with Crippen molar-refractivity contribution in [1.82, 2.24) is 25.1 Å². The van der Waals surface area contributed by atoms with Crippen LogP contribution in [0.4, 0.5) is 5.95 Å². The van der Waals surface area contributed by atoms with Crippen molar-refractivity contribution >= 4 is 17.7 Å². The maximum absolute atomic E-state index is 12.9. The summed E-state index contributed by atoms with van der Waals surface area (Å²) in [5, 5.41) is 7.75. The highest BCUT2D eigenvalue weighted by Crippen LogP contribution is 2.44. The van der Waals surface area contributed by atoms with Crippen molar-refractivity contribution < 1.29 is 4.79 Å². The average Bonchev–Trinajstić information content (AvgIpc) is 3.31. The molecule has 1 amide bonds. The summed E-state index contributed by atoms with van der Waals surface area (Å²) < 4.78 is 1.89. The van der Waals surface area contributed by atoms with Crippen LogP contribution < -0.4 is 16.8 Å². The lowest BCUT2D eigenvalue weighted by Gasteiger charge is -2.41. The summed E-state index contributed by atoms with van der Waals surface area (Å²) in [6.07, 6.45) is 11.6. The maximum atomic E-state index is 12.9. The fourth-order valence-electron chi connectivity index (χ4n) is 4.69. The van der Waals surface area contributed by atoms with Crippen LogP contribution >= 0.6 is 0 Å². The third-order valence-electron chi connectivity index (χ3n) is 6.89. The minimum atomic E-state index is -0.406. The van der Waals surface area contributed by atoms with Crippen LogP contribution in [0.15, 0.2) is 54.0 Å². The molecule has 0 bridgehead atoms. The summed E-state index contributed by atoms with van der Waals surface area (Å²) in [6.45, 7) is 1.93. The maximum Gasteiger partial charge on any atom is 0.281 e. The molecule has 5 rings (SSSR count). The molecule has 1 saturated carbocycles. The monoisotopic (exact) mass is 444 g/mol. The highest BCUT2D eigenvalue weighted by atomic mass is 16.1. The summed E-state index contributed by atoms with van der Waals surface area (Å²) in [5.41, 5.74) is 15.1. The van der Waals surface area contributed by atoms with E-state index in [1.165, 1.54) is 0 Å². The molecule has 1 aromatic carbocycles. The first-order valence-electron chi connectivity index (χ1n) is 11.4. The molecule has 0 spiro atoms. The molecule has 1 aliphatic carbocycles. The van der Waals surface area contributed by atoms with E-state index in [0.717, 1.165) is 61.9 Å². The van der Waals surface area contributed by atoms with E-state index >= 15 is 0 Å². The number of amides is 1. The molecule has 3 aromatic rings. The number of carbonyl (C=O) groups is 1. The molecular weight excluding hydrogens is 416 g/mol. The average molecular weight is 445 g/mol. The number of anilines is 1. The third kappa shape index (κ3) is 4.11. The van der Waals surface area contributed by atoms with Crippen LogP contribution in [-0.2, 0) is 5.41 Å². The summed E-state index contributed by atoms with van der Waals surface area (Å²) >= 11 is 0. The molecule has 0 atom stereocenters. The Labute approximate surface area is 192 Å². The second-order valence-electron chi connectivity index (χ2n) is 8.84. The smallest absolute Gasteiger partial charge is 0.281 e. The highest BCUT2D eigenvalue weighted by molar-refractivity contribution is 6.06. The van der Waals surface area contributed by atoms with Crippen LogP contribution in [0, 0.1) is 0 Å². The van der Waals surface area contributed by atoms with Crippen LogP contribution in [0.2, 0.25) is 0 Å². The van der Waals surface area contributed by atoms with Crippen molar-refractivity contribution in [3.05, 3.63) is 60.2 Å². The van der Waals surface area contributed by atoms with Gasteiger partial charge in [-0.15, -0.1) is 0 Å². The Kier molecular flexibility index (Phi) is 5.63. The van der Waals surface area contributed by atoms with Gasteiger partial charge in [0.15, 0.2) is 0 Å². The van der Waals surface area contributed by atoms with Crippen molar-refractivity contribution in [1.29, 1.82) is 0 Å². The van der Waals surface area contributed by atoms with E-state index in [0.29, 0.717) is 17.4 Å². The zero-order chi connectivity index (χ0) is 22.8. The van der Waals surface area contributed by atoms with E-state index in [-0.39, 0.29) is 11.9 Å². The SMILES string of the molecule is NC(=NC(=O)c1cnn(C2CCNCC2)c1)C1(c2ccc(-c3cnc(N)nc3)cc2)CCC1. The predicted molar refractivity (Wildman–Crippen MR) is 127 cm³/mol. The van der Waals surface area contributed by atoms with Crippen molar-refractivity contribution in [2.45, 2.75) is 43.6 Å². The zero-order valence-corrected chi connectivity index (χ0v) is 18.4. The fraction of sp³-hybridized carbons (Fsp3) is 0.375. The summed E-state index contributed by atoms with van der Waals surface area (Å²) in [5.74, 6) is 0.283. The Morgan fingerprint density at radius 2 is 1.76 bits per heavy atom. The Bertz CT molecular complexity index is 1160. The molecule has 3 heterocycles. The quantitative estimate of drug-likeness (QED) is 0.406. The number of amidine groups is 1. The number of carbonyl (C=O) groups excluding carboxylic acids is 1. The summed E-state index contributed by atoms with van der Waals surface area (Å²) in [6, 6.07) is 8.45. The van der Waals surface area contributed by atoms with Crippen molar-refractivity contribution in [2.24, 2.45) is 10.7 Å². The van der Waals surface area contributed by atoms with Gasteiger partial charge in [0.2, 0.25) is 5.95 Å². The lowest BCUT2D eigenvalue weighted by Crippen LogP contribution is -2.47. The second kappa shape index (κ2) is 8.74. The van der Waals surface area contributed by atoms with Crippen LogP contribution in [0.1, 0.15) is 54.1 Å². The van der Waals surface area contributed by atoms with Gasteiger partial charge in [-0.2, -0.15) is 10.1 Å². The number of aromatic nitrogens is 4. The first-order valence-corrected chi connectivity index (χ1v) is 11.4. The number of piperidine rings is 1. The Morgan fingerprint density at radius 3 is 2.39 bits per heavy atom. The number of nitrogen functional groups attached to an aromatic ring is 1. The fourth-order valence-corrected chi connectivity index (χ4v) is 4.69. The molecule has 2 fully saturated rings. The zero-order valence-electron chi connectivity index (χ0n) is 18.4. The van der Waals surface area contributed by atoms with Gasteiger partial charge < -0.3 is 16.8 Å². The molecule has 0 unspecified atom stereocenters. The van der Waals surface area contributed by atoms with E-state index in [1.54, 1.807) is 24.8 Å². The minimum absolute atomic E-state index is 0.249. The van der Waals surface area contributed by atoms with E-state index in [4.69, 9.17) is 11.5 Å². The molecule has 0 radical (unpaired) electrons. The number of rotatable bonds is 5. The second-order valence-corrected chi connectivity index (χ2v) is 8.84. The topological polar surface area (TPSA) is 137 Å². The molecule has 1 aliphatic heterocycles. The van der Waals surface area contributed by atoms with Crippen molar-refractivity contribution in [2.75, 3.05) is 18.8 Å². The van der Waals surface area contributed by atoms with E-state index in [2.05, 4.69) is 25.4 Å². The van der Waals surface area contributed by atoms with Gasteiger partial charge in [-0.25, -0.2) is 9.97 Å². The first-order chi connectivity index (χ1) is 16.0. The molecule has 170 valence electrons. The minimum Gasteiger partial charge on any atom is -0.386 e. The molecule has 9 nitrogen and oxygen atoms in total. The van der Waals surface area contributed by atoms with Gasteiger partial charge in [-0.3, -0.25) is 9.48 Å². The molecule has 5 N–H and O–H groups in total. The van der Waals surface area contributed by atoms with Crippen LogP contribution in [0.3, 0.4) is 0 Å². The van der Waals surface area contributed by atoms with E-state index < -0.39 is 5.41 Å². The normalized spacial score (nSPS) is 18.6. The predicted octanol–water partition coefficient (Wildman–Crippen LogP) is 2.47. The summed E-state index contributed by atoms with van der Waals surface area (Å²) in [7, 11) is 0. The largest absolute Gasteiger partial charge is 0.386 e. The van der Waals surface area contributed by atoms with E-state index in [1.807, 2.05) is 28.9 Å². The van der Waals surface area contributed by atoms with E-state index in [9.17, 15) is 4.79 Å². The van der Waals surface area contributed by atoms with Gasteiger partial charge >= 0.3 is 0 Å². The first kappa shape index (κ1) is 21.3. The lowest BCUT2D eigenvalue weighted by atomic mass is 9.63. The number of nitrogens with one attached hydrogen (secondary N) is 1. The van der Waals surface area contributed by atoms with Gasteiger partial charge in [0.05, 0.1) is 23.2 Å². The molecule has 33 heavy (non-hydrogen) atoms. The van der Waals surface area contributed by atoms with Gasteiger partial charge in [0.1, 0.15) is 5.84 Å². The number of hydrogen-bond acceptors (Lipinski definition) is 6. The number of hydrogen-bond donors (Lipinski definition) is 3. The third-order valence-corrected chi connectivity index (χ3v) is 6.89. The summed E-state index contributed by atoms with van der Waals surface area (Å²) in [4.78, 5) is 25.3. The molecular formula is C24H28N8O. The van der Waals surface area contributed by atoms with Gasteiger partial charge in [-0.1, -0.05) is 30.7 Å². The van der Waals surface area contributed by atoms with Crippen molar-refractivity contribution in [3.8, 4) is 11.1 Å². The standard InChI is InChI=1S/C24H28N8O/c25-22(31-21(33)18-14-30-32(15-18)20-6-10-27-11-7-20)24(8-1-9-24)19-4-2-16(3-5-19)17-12-28-23(26)29-13-17/h2-5,12-15,20,27H,1,6-11H2,(H2,25,31,33)(H2,26,28,29). The van der Waals surface area contributed by atoms with Crippen LogP contribution in [0.25, 0.3) is 11.1 Å². The van der Waals surface area contributed by atoms with Gasteiger partial charge in [-0.05, 0) is 49.9 Å². The number of benzene rings is 1. The molecule has 9 heteroatoms. The highest BCUT2D eigenvalue weighted by Gasteiger charge is 2.43. The lowest BCUT2D eigenvalue weighted by molar-refractivity contribution is 0.100. The van der Waals surface area contributed by atoms with Crippen molar-refractivity contribution in [3.63, 3.8) is 0 Å². The Morgan fingerprint density at radius 1 is 1.06 bits per heavy atom. The number of nitrogens with zero attached hydrogens (tertiary/aromatic N) is 5. The Balaban J connectivity index is 1.35. The van der Waals surface area contributed by atoms with Gasteiger partial charge in [0.25, 0.3) is 5.91 Å². The molecule has 2 aliphatic rings. The number of aliphatic imine (C=N–C) groups is 1. The van der Waals surface area contributed by atoms with Gasteiger partial charge in [0, 0.05) is 24.2 Å². The van der Waals surface area contributed by atoms with Crippen LogP contribution in [0.5, 0.6) is 0 Å². The molecule has 2 aromatic heterocycles. The molecule has 1 saturated heterocycles. The Hall–Kier alpha value is -3.59. The number of nitrogens with two attached hydrogens (primary N) is 2.